The second-order valence-corrected chi connectivity index (χ2v) is 8.79. The van der Waals surface area contributed by atoms with Gasteiger partial charge in [-0.2, -0.15) is 0 Å². The highest BCUT2D eigenvalue weighted by atomic mass is 31.2. The number of ketones is 1. The summed E-state index contributed by atoms with van der Waals surface area (Å²) in [6, 6.07) is 3.84. The van der Waals surface area contributed by atoms with Crippen LogP contribution in [-0.2, 0) is 20.9 Å². The quantitative estimate of drug-likeness (QED) is 0.688. The normalized spacial score (nSPS) is 12.5. The molecular formula is C18H29O4P. The molecule has 0 fully saturated rings. The van der Waals surface area contributed by atoms with Crippen LogP contribution < -0.4 is 0 Å². The van der Waals surface area contributed by atoms with E-state index in [9.17, 15) is 19.1 Å². The van der Waals surface area contributed by atoms with Crippen LogP contribution in [0.5, 0.6) is 0 Å². The van der Waals surface area contributed by atoms with E-state index in [0.29, 0.717) is 18.4 Å². The molecule has 1 rings (SSSR count). The third-order valence-corrected chi connectivity index (χ3v) is 4.82. The Balaban J connectivity index is 3.22. The first kappa shape index (κ1) is 20.1. The molecule has 5 heteroatoms. The van der Waals surface area contributed by atoms with Crippen molar-refractivity contribution in [3.8, 4) is 0 Å². The van der Waals surface area contributed by atoms with Crippen molar-refractivity contribution in [1.82, 2.24) is 0 Å². The molecule has 1 aromatic carbocycles. The first-order valence-corrected chi connectivity index (χ1v) is 9.93. The third kappa shape index (κ3) is 6.21. The van der Waals surface area contributed by atoms with Gasteiger partial charge in [0, 0.05) is 12.8 Å². The van der Waals surface area contributed by atoms with Gasteiger partial charge in [-0.15, -0.1) is 0 Å². The molecule has 1 aromatic rings. The van der Waals surface area contributed by atoms with Crippen LogP contribution in [0.15, 0.2) is 12.1 Å². The van der Waals surface area contributed by atoms with Crippen LogP contribution in [-0.4, -0.2) is 15.6 Å². The number of carbonyl (C=O) groups is 1. The molecule has 0 spiro atoms. The van der Waals surface area contributed by atoms with E-state index in [1.54, 1.807) is 0 Å². The van der Waals surface area contributed by atoms with Crippen LogP contribution in [0.25, 0.3) is 0 Å². The zero-order valence-corrected chi connectivity index (χ0v) is 15.7. The number of Topliss-reactive ketones (excluding diaryl/α,β-unsaturated/α-hetero) is 1. The first-order valence-electron chi connectivity index (χ1n) is 8.13. The SMILES string of the molecule is CCCCC(=O)CC(C)(C)c1c(C)cc(C)cc1CP(=O)(O)O. The predicted molar refractivity (Wildman–Crippen MR) is 93.8 cm³/mol. The van der Waals surface area contributed by atoms with Crippen LogP contribution in [0.1, 0.15) is 68.7 Å². The molecule has 0 aliphatic heterocycles. The third-order valence-electron chi connectivity index (χ3n) is 4.06. The number of aryl methyl sites for hydroxylation is 2. The van der Waals surface area contributed by atoms with E-state index in [-0.39, 0.29) is 11.9 Å². The number of hydrogen-bond donors (Lipinski definition) is 2. The maximum absolute atomic E-state index is 12.2. The highest BCUT2D eigenvalue weighted by Crippen LogP contribution is 2.44. The van der Waals surface area contributed by atoms with Gasteiger partial charge in [-0.1, -0.05) is 44.9 Å². The molecule has 0 radical (unpaired) electrons. The van der Waals surface area contributed by atoms with E-state index in [2.05, 4.69) is 6.92 Å². The van der Waals surface area contributed by atoms with Crippen LogP contribution in [0.4, 0.5) is 0 Å². The van der Waals surface area contributed by atoms with Gasteiger partial charge < -0.3 is 9.79 Å². The summed E-state index contributed by atoms with van der Waals surface area (Å²) in [6.07, 6.45) is 2.55. The van der Waals surface area contributed by atoms with E-state index in [1.807, 2.05) is 39.8 Å². The molecule has 0 saturated heterocycles. The smallest absolute Gasteiger partial charge is 0.324 e. The Morgan fingerprint density at radius 3 is 2.35 bits per heavy atom. The Morgan fingerprint density at radius 1 is 1.22 bits per heavy atom. The zero-order chi connectivity index (χ0) is 17.8. The number of hydrogen-bond acceptors (Lipinski definition) is 2. The van der Waals surface area contributed by atoms with Gasteiger partial charge in [0.1, 0.15) is 5.78 Å². The van der Waals surface area contributed by atoms with Gasteiger partial charge in [-0.3, -0.25) is 9.36 Å². The van der Waals surface area contributed by atoms with Gasteiger partial charge in [0.05, 0.1) is 6.16 Å². The lowest BCUT2D eigenvalue weighted by Crippen LogP contribution is -2.25. The molecule has 0 unspecified atom stereocenters. The Morgan fingerprint density at radius 2 is 1.83 bits per heavy atom. The fraction of sp³-hybridized carbons (Fsp3) is 0.611. The van der Waals surface area contributed by atoms with Crippen LogP contribution in [0.2, 0.25) is 0 Å². The molecule has 23 heavy (non-hydrogen) atoms. The van der Waals surface area contributed by atoms with E-state index in [1.165, 1.54) is 0 Å². The largest absolute Gasteiger partial charge is 0.329 e. The van der Waals surface area contributed by atoms with Gasteiger partial charge in [-0.25, -0.2) is 0 Å². The van der Waals surface area contributed by atoms with Crippen LogP contribution in [0, 0.1) is 13.8 Å². The highest BCUT2D eigenvalue weighted by Gasteiger charge is 2.30. The van der Waals surface area contributed by atoms with E-state index >= 15 is 0 Å². The van der Waals surface area contributed by atoms with Gasteiger partial charge in [0.15, 0.2) is 0 Å². The minimum atomic E-state index is -4.16. The molecule has 0 aromatic heterocycles. The van der Waals surface area contributed by atoms with E-state index in [4.69, 9.17) is 0 Å². The van der Waals surface area contributed by atoms with Crippen molar-refractivity contribution < 1.29 is 19.1 Å². The molecule has 2 N–H and O–H groups in total. The lowest BCUT2D eigenvalue weighted by atomic mass is 9.75. The summed E-state index contributed by atoms with van der Waals surface area (Å²) in [4.78, 5) is 31.0. The second kappa shape index (κ2) is 7.74. The first-order chi connectivity index (χ1) is 10.5. The second-order valence-electron chi connectivity index (χ2n) is 7.14. The lowest BCUT2D eigenvalue weighted by Gasteiger charge is -2.30. The van der Waals surface area contributed by atoms with Crippen molar-refractivity contribution in [2.45, 2.75) is 71.9 Å². The monoisotopic (exact) mass is 340 g/mol. The summed E-state index contributed by atoms with van der Waals surface area (Å²) < 4.78 is 11.5. The van der Waals surface area contributed by atoms with Gasteiger partial charge in [-0.05, 0) is 42.4 Å². The summed E-state index contributed by atoms with van der Waals surface area (Å²) in [7, 11) is -4.16. The molecule has 0 saturated carbocycles. The molecule has 0 aliphatic rings. The minimum Gasteiger partial charge on any atom is -0.324 e. The predicted octanol–water partition coefficient (Wildman–Crippen LogP) is 4.41. The summed E-state index contributed by atoms with van der Waals surface area (Å²) in [5.41, 5.74) is 3.08. The molecule has 130 valence electrons. The van der Waals surface area contributed by atoms with Crippen molar-refractivity contribution in [2.24, 2.45) is 0 Å². The molecule has 0 atom stereocenters. The van der Waals surface area contributed by atoms with Crippen molar-refractivity contribution in [2.75, 3.05) is 0 Å². The maximum atomic E-state index is 12.2. The standard InChI is InChI=1S/C18H29O4P/c1-6-7-8-16(19)11-18(4,5)17-14(3)9-13(2)10-15(17)12-23(20,21)22/h9-10H,6-8,11-12H2,1-5H3,(H2,20,21,22). The van der Waals surface area contributed by atoms with Crippen molar-refractivity contribution in [3.05, 3.63) is 34.4 Å². The minimum absolute atomic E-state index is 0.207. The maximum Gasteiger partial charge on any atom is 0.329 e. The molecule has 0 aliphatic carbocycles. The number of rotatable bonds is 8. The molecular weight excluding hydrogens is 311 g/mol. The summed E-state index contributed by atoms with van der Waals surface area (Å²) >= 11 is 0. The number of unbranched alkanes of at least 4 members (excludes halogenated alkanes) is 1. The molecule has 0 bridgehead atoms. The molecule has 0 amide bonds. The zero-order valence-electron chi connectivity index (χ0n) is 14.8. The van der Waals surface area contributed by atoms with Crippen LogP contribution in [0.3, 0.4) is 0 Å². The Hall–Kier alpha value is -0.960. The van der Waals surface area contributed by atoms with Crippen molar-refractivity contribution in [3.63, 3.8) is 0 Å². The lowest BCUT2D eigenvalue weighted by molar-refractivity contribution is -0.120. The van der Waals surface area contributed by atoms with Gasteiger partial charge in [0.25, 0.3) is 0 Å². The fourth-order valence-corrected chi connectivity index (χ4v) is 4.11. The van der Waals surface area contributed by atoms with E-state index in [0.717, 1.165) is 29.5 Å². The highest BCUT2D eigenvalue weighted by molar-refractivity contribution is 7.50. The Bertz CT molecular complexity index is 614. The van der Waals surface area contributed by atoms with Crippen molar-refractivity contribution >= 4 is 13.4 Å². The molecule has 4 nitrogen and oxygen atoms in total. The molecule has 0 heterocycles. The Labute approximate surface area is 139 Å². The Kier molecular flexibility index (Phi) is 6.76. The van der Waals surface area contributed by atoms with Gasteiger partial charge >= 0.3 is 7.60 Å². The fourth-order valence-electron chi connectivity index (χ4n) is 3.41. The van der Waals surface area contributed by atoms with Crippen molar-refractivity contribution in [1.29, 1.82) is 0 Å². The van der Waals surface area contributed by atoms with E-state index < -0.39 is 13.0 Å². The number of benzene rings is 1. The topological polar surface area (TPSA) is 74.6 Å². The average Bonchev–Trinajstić information content (AvgIpc) is 2.31. The average molecular weight is 340 g/mol. The van der Waals surface area contributed by atoms with Crippen LogP contribution >= 0.6 is 7.60 Å². The summed E-state index contributed by atoms with van der Waals surface area (Å²) in [5, 5.41) is 0. The van der Waals surface area contributed by atoms with Gasteiger partial charge in [0.2, 0.25) is 0 Å². The summed E-state index contributed by atoms with van der Waals surface area (Å²) in [5.74, 6) is 0.207. The summed E-state index contributed by atoms with van der Waals surface area (Å²) in [6.45, 7) is 9.89. The number of carbonyl (C=O) groups excluding carboxylic acids is 1.